The van der Waals surface area contributed by atoms with Gasteiger partial charge in [0.1, 0.15) is 0 Å². The highest BCUT2D eigenvalue weighted by Crippen LogP contribution is 2.24. The molecule has 0 bridgehead atoms. The Morgan fingerprint density at radius 1 is 1.17 bits per heavy atom. The number of ether oxygens (including phenoxy) is 1. The van der Waals surface area contributed by atoms with E-state index in [0.29, 0.717) is 24.3 Å². The normalized spacial score (nSPS) is 11.6. The Hall–Kier alpha value is -2.34. The van der Waals surface area contributed by atoms with Crippen LogP contribution in [0.15, 0.2) is 53.7 Å². The van der Waals surface area contributed by atoms with Crippen LogP contribution in [0.25, 0.3) is 0 Å². The Kier molecular flexibility index (Phi) is 6.81. The summed E-state index contributed by atoms with van der Waals surface area (Å²) in [5, 5.41) is 3.46. The smallest absolute Gasteiger partial charge is 0.338 e. The van der Waals surface area contributed by atoms with Crippen molar-refractivity contribution in [1.29, 1.82) is 0 Å². The zero-order valence-corrected chi connectivity index (χ0v) is 14.5. The predicted molar refractivity (Wildman–Crippen MR) is 95.2 cm³/mol. The topological polar surface area (TPSA) is 68.3 Å². The van der Waals surface area contributed by atoms with E-state index in [1.165, 1.54) is 11.8 Å². The summed E-state index contributed by atoms with van der Waals surface area (Å²) in [5.74, 6) is -0.454. The molecule has 1 N–H and O–H groups in total. The number of amides is 1. The van der Waals surface area contributed by atoms with E-state index >= 15 is 0 Å². The molecule has 1 atom stereocenters. The second-order valence-electron chi connectivity index (χ2n) is 4.97. The average molecular weight is 344 g/mol. The lowest BCUT2D eigenvalue weighted by Crippen LogP contribution is -2.24. The number of benzene rings is 1. The van der Waals surface area contributed by atoms with Crippen molar-refractivity contribution in [3.8, 4) is 0 Å². The van der Waals surface area contributed by atoms with Gasteiger partial charge in [-0.05, 0) is 49.7 Å². The van der Waals surface area contributed by atoms with Gasteiger partial charge in [0.05, 0.1) is 22.4 Å². The van der Waals surface area contributed by atoms with E-state index in [2.05, 4.69) is 10.3 Å². The highest BCUT2D eigenvalue weighted by Gasteiger charge is 2.18. The summed E-state index contributed by atoms with van der Waals surface area (Å²) in [4.78, 5) is 28.3. The molecule has 5 nitrogen and oxygen atoms in total. The van der Waals surface area contributed by atoms with Crippen LogP contribution in [-0.2, 0) is 9.53 Å². The number of thioether (sulfide) groups is 1. The van der Waals surface area contributed by atoms with Crippen LogP contribution in [0, 0.1) is 0 Å². The molecule has 1 heterocycles. The molecule has 2 aromatic rings. The Bertz CT molecular complexity index is 674. The Labute approximate surface area is 145 Å². The number of pyridine rings is 1. The molecule has 0 fully saturated rings. The second kappa shape index (κ2) is 9.08. The maximum Gasteiger partial charge on any atom is 0.338 e. The van der Waals surface area contributed by atoms with Crippen LogP contribution in [0.5, 0.6) is 0 Å². The number of anilines is 1. The molecule has 0 saturated heterocycles. The quantitative estimate of drug-likeness (QED) is 0.612. The minimum atomic E-state index is -0.368. The van der Waals surface area contributed by atoms with Crippen molar-refractivity contribution in [2.75, 3.05) is 11.9 Å². The number of nitrogens with zero attached hydrogens (tertiary/aromatic N) is 1. The van der Waals surface area contributed by atoms with Crippen molar-refractivity contribution in [3.63, 3.8) is 0 Å². The molecule has 0 unspecified atom stereocenters. The number of carbonyl (C=O) groups excluding carboxylic acids is 2. The van der Waals surface area contributed by atoms with Crippen molar-refractivity contribution in [1.82, 2.24) is 4.98 Å². The van der Waals surface area contributed by atoms with Crippen LogP contribution < -0.4 is 5.32 Å². The fourth-order valence-electron chi connectivity index (χ4n) is 2.01. The molecule has 126 valence electrons. The van der Waals surface area contributed by atoms with Gasteiger partial charge in [0, 0.05) is 11.9 Å². The molecule has 1 aromatic heterocycles. The van der Waals surface area contributed by atoms with Crippen LogP contribution in [0.2, 0.25) is 0 Å². The monoisotopic (exact) mass is 344 g/mol. The van der Waals surface area contributed by atoms with Crippen LogP contribution in [0.4, 0.5) is 5.69 Å². The van der Waals surface area contributed by atoms with E-state index in [-0.39, 0.29) is 17.1 Å². The zero-order valence-electron chi connectivity index (χ0n) is 13.7. The summed E-state index contributed by atoms with van der Waals surface area (Å²) in [6, 6.07) is 12.3. The third kappa shape index (κ3) is 5.09. The van der Waals surface area contributed by atoms with Crippen LogP contribution >= 0.6 is 11.8 Å². The maximum absolute atomic E-state index is 12.4. The van der Waals surface area contributed by atoms with E-state index in [9.17, 15) is 9.59 Å². The van der Waals surface area contributed by atoms with Gasteiger partial charge in [0.25, 0.3) is 0 Å². The van der Waals surface area contributed by atoms with Crippen LogP contribution in [-0.4, -0.2) is 28.7 Å². The van der Waals surface area contributed by atoms with Crippen molar-refractivity contribution in [2.45, 2.75) is 30.5 Å². The Morgan fingerprint density at radius 3 is 2.50 bits per heavy atom. The summed E-state index contributed by atoms with van der Waals surface area (Å²) in [5.41, 5.74) is 1.11. The highest BCUT2D eigenvalue weighted by molar-refractivity contribution is 8.00. The SMILES string of the molecule is CCOC(=O)c1ccc(NC(=O)[C@H](CC)Sc2ccccn2)cc1. The van der Waals surface area contributed by atoms with Crippen molar-refractivity contribution in [2.24, 2.45) is 0 Å². The molecule has 2 rings (SSSR count). The predicted octanol–water partition coefficient (Wildman–Crippen LogP) is 3.77. The highest BCUT2D eigenvalue weighted by atomic mass is 32.2. The lowest BCUT2D eigenvalue weighted by atomic mass is 10.2. The third-order valence-corrected chi connectivity index (χ3v) is 4.54. The number of carbonyl (C=O) groups is 2. The van der Waals surface area contributed by atoms with Gasteiger partial charge in [-0.2, -0.15) is 0 Å². The molecule has 0 aliphatic rings. The maximum atomic E-state index is 12.4. The van der Waals surface area contributed by atoms with Crippen LogP contribution in [0.1, 0.15) is 30.6 Å². The van der Waals surface area contributed by atoms with Gasteiger partial charge in [-0.3, -0.25) is 4.79 Å². The van der Waals surface area contributed by atoms with Gasteiger partial charge in [-0.1, -0.05) is 24.8 Å². The number of nitrogens with one attached hydrogen (secondary N) is 1. The fraction of sp³-hybridized carbons (Fsp3) is 0.278. The van der Waals surface area contributed by atoms with E-state index in [1.807, 2.05) is 25.1 Å². The minimum Gasteiger partial charge on any atom is -0.462 e. The standard InChI is InChI=1S/C18H20N2O3S/c1-3-15(24-16-7-5-6-12-19-16)17(21)20-14-10-8-13(9-11-14)18(22)23-4-2/h5-12,15H,3-4H2,1-2H3,(H,20,21)/t15-/m0/s1. The molecule has 0 aliphatic heterocycles. The minimum absolute atomic E-state index is 0.0861. The van der Waals surface area contributed by atoms with E-state index < -0.39 is 0 Å². The van der Waals surface area contributed by atoms with E-state index in [1.54, 1.807) is 37.4 Å². The molecular formula is C18H20N2O3S. The molecule has 1 aromatic carbocycles. The van der Waals surface area contributed by atoms with E-state index in [4.69, 9.17) is 4.74 Å². The molecule has 24 heavy (non-hydrogen) atoms. The van der Waals surface area contributed by atoms with Crippen molar-refractivity contribution < 1.29 is 14.3 Å². The van der Waals surface area contributed by atoms with Crippen molar-refractivity contribution >= 4 is 29.3 Å². The number of aromatic nitrogens is 1. The number of hydrogen-bond donors (Lipinski definition) is 1. The summed E-state index contributed by atoms with van der Waals surface area (Å²) in [7, 11) is 0. The molecule has 0 aliphatic carbocycles. The summed E-state index contributed by atoms with van der Waals surface area (Å²) < 4.78 is 4.93. The van der Waals surface area contributed by atoms with Gasteiger partial charge in [0.2, 0.25) is 5.91 Å². The van der Waals surface area contributed by atoms with Crippen LogP contribution in [0.3, 0.4) is 0 Å². The summed E-state index contributed by atoms with van der Waals surface area (Å²) in [6.45, 7) is 4.06. The van der Waals surface area contributed by atoms with E-state index in [0.717, 1.165) is 5.03 Å². The Morgan fingerprint density at radius 2 is 1.92 bits per heavy atom. The molecule has 0 spiro atoms. The molecule has 1 amide bonds. The fourth-order valence-corrected chi connectivity index (χ4v) is 2.91. The van der Waals surface area contributed by atoms with Gasteiger partial charge < -0.3 is 10.1 Å². The first-order chi connectivity index (χ1) is 11.6. The molecule has 0 saturated carbocycles. The number of rotatable bonds is 7. The number of hydrogen-bond acceptors (Lipinski definition) is 5. The molecular weight excluding hydrogens is 324 g/mol. The zero-order chi connectivity index (χ0) is 17.4. The first-order valence-electron chi connectivity index (χ1n) is 7.79. The summed E-state index contributed by atoms with van der Waals surface area (Å²) >= 11 is 1.43. The lowest BCUT2D eigenvalue weighted by molar-refractivity contribution is -0.115. The Balaban J connectivity index is 1.98. The third-order valence-electron chi connectivity index (χ3n) is 3.23. The lowest BCUT2D eigenvalue weighted by Gasteiger charge is -2.14. The first kappa shape index (κ1) is 18.0. The summed E-state index contributed by atoms with van der Waals surface area (Å²) in [6.07, 6.45) is 2.40. The second-order valence-corrected chi connectivity index (χ2v) is 6.19. The molecule has 6 heteroatoms. The van der Waals surface area contributed by atoms with Gasteiger partial charge >= 0.3 is 5.97 Å². The van der Waals surface area contributed by atoms with Crippen molar-refractivity contribution in [3.05, 3.63) is 54.2 Å². The largest absolute Gasteiger partial charge is 0.462 e. The molecule has 0 radical (unpaired) electrons. The van der Waals surface area contributed by atoms with Gasteiger partial charge in [-0.15, -0.1) is 0 Å². The average Bonchev–Trinajstić information content (AvgIpc) is 2.61. The van der Waals surface area contributed by atoms with Gasteiger partial charge in [0.15, 0.2) is 0 Å². The first-order valence-corrected chi connectivity index (χ1v) is 8.67. The van der Waals surface area contributed by atoms with Gasteiger partial charge in [-0.25, -0.2) is 9.78 Å². The number of esters is 1.